The van der Waals surface area contributed by atoms with E-state index in [1.165, 1.54) is 11.5 Å². The van der Waals surface area contributed by atoms with E-state index in [4.69, 9.17) is 0 Å². The van der Waals surface area contributed by atoms with Gasteiger partial charge in [-0.25, -0.2) is 13.8 Å². The fourth-order valence-corrected chi connectivity index (χ4v) is 2.69. The van der Waals surface area contributed by atoms with Crippen molar-refractivity contribution in [2.75, 3.05) is 12.4 Å². The van der Waals surface area contributed by atoms with Crippen LogP contribution in [-0.2, 0) is 0 Å². The summed E-state index contributed by atoms with van der Waals surface area (Å²) in [5.74, 6) is -1.24. The Kier molecular flexibility index (Phi) is 2.70. The van der Waals surface area contributed by atoms with Crippen molar-refractivity contribution in [2.45, 2.75) is 6.92 Å². The highest BCUT2D eigenvalue weighted by Gasteiger charge is 2.16. The van der Waals surface area contributed by atoms with Crippen LogP contribution in [-0.4, -0.2) is 21.4 Å². The third-order valence-corrected chi connectivity index (χ3v) is 3.81. The lowest BCUT2D eigenvalue weighted by molar-refractivity contribution is 0.510. The standard InChI is InChI=1S/C12H10F2N4S/c1-5-10(12(15-2)19-18-5)11-16-8-3-6(13)7(14)4-9(8)17-11/h3-4,15H,1-2H3,(H,16,17). The molecule has 2 N–H and O–H groups in total. The highest BCUT2D eigenvalue weighted by molar-refractivity contribution is 7.10. The van der Waals surface area contributed by atoms with Crippen LogP contribution in [0.4, 0.5) is 13.8 Å². The Hall–Kier alpha value is -2.02. The topological polar surface area (TPSA) is 53.6 Å². The zero-order chi connectivity index (χ0) is 13.6. The number of hydrogen-bond acceptors (Lipinski definition) is 4. The smallest absolute Gasteiger partial charge is 0.161 e. The predicted molar refractivity (Wildman–Crippen MR) is 71.4 cm³/mol. The van der Waals surface area contributed by atoms with Crippen LogP contribution in [0.3, 0.4) is 0 Å². The summed E-state index contributed by atoms with van der Waals surface area (Å²) in [4.78, 5) is 7.28. The average Bonchev–Trinajstić information content (AvgIpc) is 2.93. The molecule has 0 bridgehead atoms. The number of aromatic amines is 1. The Morgan fingerprint density at radius 3 is 2.74 bits per heavy atom. The molecule has 1 aromatic carbocycles. The summed E-state index contributed by atoms with van der Waals surface area (Å²) >= 11 is 1.32. The summed E-state index contributed by atoms with van der Waals surface area (Å²) in [6.45, 7) is 1.86. The van der Waals surface area contributed by atoms with Crippen molar-refractivity contribution in [1.82, 2.24) is 14.3 Å². The van der Waals surface area contributed by atoms with E-state index in [1.54, 1.807) is 7.05 Å². The molecule has 0 aliphatic heterocycles. The van der Waals surface area contributed by atoms with Gasteiger partial charge in [0, 0.05) is 19.2 Å². The maximum absolute atomic E-state index is 13.2. The first-order valence-electron chi connectivity index (χ1n) is 5.59. The summed E-state index contributed by atoms with van der Waals surface area (Å²) in [6.07, 6.45) is 0. The Bertz CT molecular complexity index is 724. The molecule has 0 radical (unpaired) electrons. The van der Waals surface area contributed by atoms with Crippen molar-refractivity contribution in [3.05, 3.63) is 29.5 Å². The second kappa shape index (κ2) is 4.27. The predicted octanol–water partition coefficient (Wildman–Crippen LogP) is 3.31. The van der Waals surface area contributed by atoms with Crippen LogP contribution in [0.25, 0.3) is 22.4 Å². The van der Waals surface area contributed by atoms with Gasteiger partial charge in [0.25, 0.3) is 0 Å². The third kappa shape index (κ3) is 1.86. The molecule has 0 aliphatic carbocycles. The number of imidazole rings is 1. The minimum absolute atomic E-state index is 0.390. The molecule has 19 heavy (non-hydrogen) atoms. The second-order valence-electron chi connectivity index (χ2n) is 4.09. The van der Waals surface area contributed by atoms with Crippen molar-refractivity contribution in [3.63, 3.8) is 0 Å². The first-order chi connectivity index (χ1) is 9.10. The van der Waals surface area contributed by atoms with Crippen molar-refractivity contribution in [3.8, 4) is 11.4 Å². The van der Waals surface area contributed by atoms with Gasteiger partial charge >= 0.3 is 0 Å². The van der Waals surface area contributed by atoms with Crippen LogP contribution in [0, 0.1) is 18.6 Å². The highest BCUT2D eigenvalue weighted by atomic mass is 32.1. The Balaban J connectivity index is 2.23. The van der Waals surface area contributed by atoms with Gasteiger partial charge in [0.05, 0.1) is 22.3 Å². The van der Waals surface area contributed by atoms with Gasteiger partial charge in [0.1, 0.15) is 10.8 Å². The molecule has 7 heteroatoms. The van der Waals surface area contributed by atoms with E-state index in [0.29, 0.717) is 16.9 Å². The number of rotatable bonds is 2. The van der Waals surface area contributed by atoms with Gasteiger partial charge in [-0.1, -0.05) is 0 Å². The molecular weight excluding hydrogens is 270 g/mol. The number of aromatic nitrogens is 3. The molecule has 0 fully saturated rings. The quantitative estimate of drug-likeness (QED) is 0.757. The van der Waals surface area contributed by atoms with E-state index in [0.717, 1.165) is 28.4 Å². The van der Waals surface area contributed by atoms with E-state index in [9.17, 15) is 8.78 Å². The van der Waals surface area contributed by atoms with Gasteiger partial charge in [-0.3, -0.25) is 0 Å². The highest BCUT2D eigenvalue weighted by Crippen LogP contribution is 2.33. The van der Waals surface area contributed by atoms with Crippen molar-refractivity contribution < 1.29 is 8.78 Å². The third-order valence-electron chi connectivity index (χ3n) is 2.85. The normalized spacial score (nSPS) is 11.2. The molecule has 0 atom stereocenters. The fraction of sp³-hybridized carbons (Fsp3) is 0.167. The molecule has 0 unspecified atom stereocenters. The number of aryl methyl sites for hydroxylation is 1. The van der Waals surface area contributed by atoms with Crippen LogP contribution >= 0.6 is 11.5 Å². The fourth-order valence-electron chi connectivity index (χ4n) is 1.94. The summed E-state index contributed by atoms with van der Waals surface area (Å²) in [7, 11) is 1.79. The van der Waals surface area contributed by atoms with E-state index >= 15 is 0 Å². The number of benzene rings is 1. The summed E-state index contributed by atoms with van der Waals surface area (Å²) in [5, 5.41) is 3.89. The average molecular weight is 280 g/mol. The second-order valence-corrected chi connectivity index (χ2v) is 4.86. The van der Waals surface area contributed by atoms with Crippen molar-refractivity contribution in [1.29, 1.82) is 0 Å². The first-order valence-corrected chi connectivity index (χ1v) is 6.36. The van der Waals surface area contributed by atoms with E-state index < -0.39 is 11.6 Å². The lowest BCUT2D eigenvalue weighted by Crippen LogP contribution is -1.89. The number of fused-ring (bicyclic) bond motifs is 1. The van der Waals surface area contributed by atoms with Gasteiger partial charge < -0.3 is 10.3 Å². The molecule has 0 aliphatic rings. The molecule has 3 aromatic rings. The molecule has 2 heterocycles. The SMILES string of the molecule is CNc1snc(C)c1-c1nc2cc(F)c(F)cc2[nH]1. The van der Waals surface area contributed by atoms with Gasteiger partial charge in [-0.15, -0.1) is 0 Å². The first kappa shape index (κ1) is 12.0. The van der Waals surface area contributed by atoms with Crippen LogP contribution < -0.4 is 5.32 Å². The van der Waals surface area contributed by atoms with Crippen LogP contribution in [0.15, 0.2) is 12.1 Å². The zero-order valence-electron chi connectivity index (χ0n) is 10.2. The van der Waals surface area contributed by atoms with Gasteiger partial charge in [0.15, 0.2) is 11.6 Å². The molecule has 4 nitrogen and oxygen atoms in total. The zero-order valence-corrected chi connectivity index (χ0v) is 11.0. The lowest BCUT2D eigenvalue weighted by Gasteiger charge is -1.98. The number of nitrogens with zero attached hydrogens (tertiary/aromatic N) is 2. The molecule has 2 aromatic heterocycles. The minimum Gasteiger partial charge on any atom is -0.378 e. The molecule has 0 saturated carbocycles. The molecule has 98 valence electrons. The van der Waals surface area contributed by atoms with E-state index in [-0.39, 0.29) is 0 Å². The van der Waals surface area contributed by atoms with Crippen molar-refractivity contribution >= 4 is 27.6 Å². The molecular formula is C12H10F2N4S. The van der Waals surface area contributed by atoms with E-state index in [1.807, 2.05) is 6.92 Å². The number of halogens is 2. The monoisotopic (exact) mass is 280 g/mol. The van der Waals surface area contributed by atoms with Gasteiger partial charge in [-0.05, 0) is 18.5 Å². The Morgan fingerprint density at radius 2 is 2.00 bits per heavy atom. The maximum Gasteiger partial charge on any atom is 0.161 e. The van der Waals surface area contributed by atoms with E-state index in [2.05, 4.69) is 19.7 Å². The number of hydrogen-bond donors (Lipinski definition) is 2. The Morgan fingerprint density at radius 1 is 1.26 bits per heavy atom. The number of nitrogens with one attached hydrogen (secondary N) is 2. The summed E-state index contributed by atoms with van der Waals surface area (Å²) in [5.41, 5.74) is 2.49. The van der Waals surface area contributed by atoms with Crippen molar-refractivity contribution in [2.24, 2.45) is 0 Å². The lowest BCUT2D eigenvalue weighted by atomic mass is 10.2. The minimum atomic E-state index is -0.903. The number of anilines is 1. The van der Waals surface area contributed by atoms with Gasteiger partial charge in [0.2, 0.25) is 0 Å². The van der Waals surface area contributed by atoms with Crippen LogP contribution in [0.5, 0.6) is 0 Å². The summed E-state index contributed by atoms with van der Waals surface area (Å²) in [6, 6.07) is 2.19. The largest absolute Gasteiger partial charge is 0.378 e. The molecule has 0 amide bonds. The molecule has 0 spiro atoms. The summed E-state index contributed by atoms with van der Waals surface area (Å²) < 4.78 is 30.6. The van der Waals surface area contributed by atoms with Crippen LogP contribution in [0.1, 0.15) is 5.69 Å². The van der Waals surface area contributed by atoms with Gasteiger partial charge in [-0.2, -0.15) is 4.37 Å². The molecule has 3 rings (SSSR count). The number of H-pyrrole nitrogens is 1. The van der Waals surface area contributed by atoms with Crippen LogP contribution in [0.2, 0.25) is 0 Å². The molecule has 0 saturated heterocycles. The maximum atomic E-state index is 13.2. The Labute approximate surface area is 111 Å².